The average molecular weight is 303 g/mol. The summed E-state index contributed by atoms with van der Waals surface area (Å²) in [5.74, 6) is 1.65. The van der Waals surface area contributed by atoms with Gasteiger partial charge in [0.2, 0.25) is 0 Å². The van der Waals surface area contributed by atoms with Gasteiger partial charge in [0.1, 0.15) is 11.6 Å². The minimum atomic E-state index is -0.0979. The van der Waals surface area contributed by atoms with Crippen LogP contribution in [0.1, 0.15) is 37.9 Å². The molecule has 0 amide bonds. The van der Waals surface area contributed by atoms with Crippen molar-refractivity contribution < 1.29 is 4.74 Å². The monoisotopic (exact) mass is 303 g/mol. The summed E-state index contributed by atoms with van der Waals surface area (Å²) in [6.07, 6.45) is 3.89. The molecule has 6 heteroatoms. The molecule has 6 nitrogen and oxygen atoms in total. The van der Waals surface area contributed by atoms with Gasteiger partial charge in [-0.1, -0.05) is 20.8 Å². The van der Waals surface area contributed by atoms with Crippen molar-refractivity contribution >= 4 is 5.82 Å². The zero-order valence-electron chi connectivity index (χ0n) is 14.1. The Hall–Kier alpha value is -1.95. The number of anilines is 1. The van der Waals surface area contributed by atoms with E-state index < -0.39 is 0 Å². The molecule has 120 valence electrons. The van der Waals surface area contributed by atoms with Crippen LogP contribution in [-0.2, 0) is 23.3 Å². The van der Waals surface area contributed by atoms with Gasteiger partial charge in [-0.25, -0.2) is 9.97 Å². The Morgan fingerprint density at radius 1 is 1.27 bits per heavy atom. The Balaban J connectivity index is 2.06. The molecular weight excluding hydrogens is 278 g/mol. The summed E-state index contributed by atoms with van der Waals surface area (Å²) in [6.45, 7) is 10.4. The molecular formula is C16H25N5O. The van der Waals surface area contributed by atoms with Crippen molar-refractivity contribution in [3.63, 3.8) is 0 Å². The molecule has 0 aliphatic rings. The smallest absolute Gasteiger partial charge is 0.136 e. The summed E-state index contributed by atoms with van der Waals surface area (Å²) in [4.78, 5) is 9.19. The predicted octanol–water partition coefficient (Wildman–Crippen LogP) is 2.54. The maximum Gasteiger partial charge on any atom is 0.136 e. The predicted molar refractivity (Wildman–Crippen MR) is 86.9 cm³/mol. The topological polar surface area (TPSA) is 64.9 Å². The molecule has 0 aliphatic heterocycles. The summed E-state index contributed by atoms with van der Waals surface area (Å²) in [5, 5.41) is 7.62. The standard InChI is InChI=1S/C16H25N5O/c1-12-9-18-21(10-12)7-6-17-14-8-13(11-22-5)19-15(20-14)16(2,3)4/h8-10H,6-7,11H2,1-5H3,(H,17,19,20). The molecule has 2 aromatic rings. The van der Waals surface area contributed by atoms with Crippen molar-refractivity contribution in [2.45, 2.75) is 46.3 Å². The van der Waals surface area contributed by atoms with Crippen molar-refractivity contribution in [3.8, 4) is 0 Å². The fourth-order valence-electron chi connectivity index (χ4n) is 2.03. The summed E-state index contributed by atoms with van der Waals surface area (Å²) in [7, 11) is 1.67. The third kappa shape index (κ3) is 4.53. The zero-order valence-corrected chi connectivity index (χ0v) is 14.1. The largest absolute Gasteiger partial charge is 0.378 e. The third-order valence-corrected chi connectivity index (χ3v) is 3.15. The molecule has 0 aliphatic carbocycles. The molecule has 2 rings (SSSR count). The van der Waals surface area contributed by atoms with Crippen LogP contribution in [0.5, 0.6) is 0 Å². The van der Waals surface area contributed by atoms with Crippen molar-refractivity contribution in [2.75, 3.05) is 19.0 Å². The van der Waals surface area contributed by atoms with Gasteiger partial charge in [-0.2, -0.15) is 5.10 Å². The first-order valence-electron chi connectivity index (χ1n) is 7.49. The van der Waals surface area contributed by atoms with Gasteiger partial charge in [-0.15, -0.1) is 0 Å². The van der Waals surface area contributed by atoms with Crippen molar-refractivity contribution in [3.05, 3.63) is 35.5 Å². The van der Waals surface area contributed by atoms with Crippen LogP contribution < -0.4 is 5.32 Å². The maximum absolute atomic E-state index is 5.19. The van der Waals surface area contributed by atoms with E-state index in [-0.39, 0.29) is 5.41 Å². The fourth-order valence-corrected chi connectivity index (χ4v) is 2.03. The molecule has 0 aromatic carbocycles. The second-order valence-corrected chi connectivity index (χ2v) is 6.46. The second kappa shape index (κ2) is 6.87. The van der Waals surface area contributed by atoms with Crippen molar-refractivity contribution in [2.24, 2.45) is 0 Å². The lowest BCUT2D eigenvalue weighted by Crippen LogP contribution is -2.19. The Morgan fingerprint density at radius 2 is 2.05 bits per heavy atom. The average Bonchev–Trinajstić information content (AvgIpc) is 2.84. The lowest BCUT2D eigenvalue weighted by Gasteiger charge is -2.19. The Labute approximate surface area is 131 Å². The van der Waals surface area contributed by atoms with E-state index in [4.69, 9.17) is 4.74 Å². The first-order chi connectivity index (χ1) is 10.4. The number of nitrogens with one attached hydrogen (secondary N) is 1. The van der Waals surface area contributed by atoms with E-state index in [1.807, 2.05) is 30.1 Å². The highest BCUT2D eigenvalue weighted by Gasteiger charge is 2.19. The van der Waals surface area contributed by atoms with Crippen molar-refractivity contribution in [1.29, 1.82) is 0 Å². The van der Waals surface area contributed by atoms with E-state index in [0.717, 1.165) is 30.4 Å². The highest BCUT2D eigenvalue weighted by Crippen LogP contribution is 2.20. The number of aryl methyl sites for hydroxylation is 1. The van der Waals surface area contributed by atoms with Gasteiger partial charge in [0, 0.05) is 31.3 Å². The molecule has 0 atom stereocenters. The lowest BCUT2D eigenvalue weighted by atomic mass is 9.95. The van der Waals surface area contributed by atoms with Crippen LogP contribution in [0.2, 0.25) is 0 Å². The molecule has 2 aromatic heterocycles. The summed E-state index contributed by atoms with van der Waals surface area (Å²) in [6, 6.07) is 1.94. The number of hydrogen-bond acceptors (Lipinski definition) is 5. The van der Waals surface area contributed by atoms with Crippen LogP contribution >= 0.6 is 0 Å². The van der Waals surface area contributed by atoms with Crippen LogP contribution in [-0.4, -0.2) is 33.4 Å². The zero-order chi connectivity index (χ0) is 16.2. The Kier molecular flexibility index (Phi) is 5.13. The minimum Gasteiger partial charge on any atom is -0.378 e. The van der Waals surface area contributed by atoms with Gasteiger partial charge in [0.25, 0.3) is 0 Å². The van der Waals surface area contributed by atoms with Crippen LogP contribution in [0.4, 0.5) is 5.82 Å². The van der Waals surface area contributed by atoms with E-state index in [1.54, 1.807) is 7.11 Å². The van der Waals surface area contributed by atoms with E-state index in [0.29, 0.717) is 6.61 Å². The number of nitrogens with zero attached hydrogens (tertiary/aromatic N) is 4. The van der Waals surface area contributed by atoms with Gasteiger partial charge < -0.3 is 10.1 Å². The second-order valence-electron chi connectivity index (χ2n) is 6.46. The molecule has 0 radical (unpaired) electrons. The summed E-state index contributed by atoms with van der Waals surface area (Å²) >= 11 is 0. The summed E-state index contributed by atoms with van der Waals surface area (Å²) in [5.41, 5.74) is 1.96. The van der Waals surface area contributed by atoms with Gasteiger partial charge in [0.05, 0.1) is 25.0 Å². The fraction of sp³-hybridized carbons (Fsp3) is 0.562. The van der Waals surface area contributed by atoms with Crippen LogP contribution in [0.15, 0.2) is 18.5 Å². The molecule has 22 heavy (non-hydrogen) atoms. The maximum atomic E-state index is 5.19. The van der Waals surface area contributed by atoms with Crippen LogP contribution in [0, 0.1) is 6.92 Å². The third-order valence-electron chi connectivity index (χ3n) is 3.15. The van der Waals surface area contributed by atoms with Crippen LogP contribution in [0.3, 0.4) is 0 Å². The van der Waals surface area contributed by atoms with E-state index in [9.17, 15) is 0 Å². The molecule has 1 N–H and O–H groups in total. The van der Waals surface area contributed by atoms with E-state index in [2.05, 4.69) is 41.2 Å². The molecule has 0 saturated heterocycles. The number of ether oxygens (including phenoxy) is 1. The first-order valence-corrected chi connectivity index (χ1v) is 7.49. The summed E-state index contributed by atoms with van der Waals surface area (Å²) < 4.78 is 7.12. The quantitative estimate of drug-likeness (QED) is 0.888. The molecule has 0 spiro atoms. The van der Waals surface area contributed by atoms with Gasteiger partial charge in [0.15, 0.2) is 0 Å². The van der Waals surface area contributed by atoms with Crippen LogP contribution in [0.25, 0.3) is 0 Å². The molecule has 0 bridgehead atoms. The number of hydrogen-bond donors (Lipinski definition) is 1. The molecule has 0 saturated carbocycles. The highest BCUT2D eigenvalue weighted by atomic mass is 16.5. The van der Waals surface area contributed by atoms with E-state index in [1.165, 1.54) is 5.56 Å². The Morgan fingerprint density at radius 3 is 2.64 bits per heavy atom. The number of methoxy groups -OCH3 is 1. The Bertz CT molecular complexity index is 615. The molecule has 2 heterocycles. The van der Waals surface area contributed by atoms with E-state index >= 15 is 0 Å². The molecule has 0 unspecified atom stereocenters. The normalized spacial score (nSPS) is 11.7. The highest BCUT2D eigenvalue weighted by molar-refractivity contribution is 5.36. The minimum absolute atomic E-state index is 0.0979. The van der Waals surface area contributed by atoms with Gasteiger partial charge >= 0.3 is 0 Å². The van der Waals surface area contributed by atoms with Crippen molar-refractivity contribution in [1.82, 2.24) is 19.7 Å². The molecule has 0 fully saturated rings. The first kappa shape index (κ1) is 16.4. The number of rotatable bonds is 6. The number of aromatic nitrogens is 4. The van der Waals surface area contributed by atoms with Gasteiger partial charge in [-0.05, 0) is 12.5 Å². The van der Waals surface area contributed by atoms with Gasteiger partial charge in [-0.3, -0.25) is 4.68 Å². The lowest BCUT2D eigenvalue weighted by molar-refractivity contribution is 0.181. The SMILES string of the molecule is COCc1cc(NCCn2cc(C)cn2)nc(C(C)(C)C)n1.